The summed E-state index contributed by atoms with van der Waals surface area (Å²) in [6.07, 6.45) is -4.90. The maximum Gasteiger partial charge on any atom is 0.471 e. The topological polar surface area (TPSA) is 84.2 Å². The van der Waals surface area contributed by atoms with Crippen LogP contribution >= 0.6 is 0 Å². The molecule has 0 spiro atoms. The summed E-state index contributed by atoms with van der Waals surface area (Å²) in [7, 11) is 0. The minimum Gasteiger partial charge on any atom is -0.351 e. The van der Waals surface area contributed by atoms with Gasteiger partial charge in [-0.3, -0.25) is 9.59 Å². The van der Waals surface area contributed by atoms with Crippen molar-refractivity contribution in [1.29, 1.82) is 0 Å². The van der Waals surface area contributed by atoms with Gasteiger partial charge < -0.3 is 16.4 Å². The fourth-order valence-corrected chi connectivity index (χ4v) is 1.34. The van der Waals surface area contributed by atoms with Crippen LogP contribution in [0.4, 0.5) is 13.2 Å². The Bertz CT molecular complexity index is 472. The number of nitrogens with two attached hydrogens (primary N) is 1. The fraction of sp³-hybridized carbons (Fsp3) is 0.333. The average Bonchev–Trinajstić information content (AvgIpc) is 2.41. The van der Waals surface area contributed by atoms with Crippen molar-refractivity contribution in [3.05, 3.63) is 35.4 Å². The zero-order valence-electron chi connectivity index (χ0n) is 10.5. The van der Waals surface area contributed by atoms with E-state index in [0.717, 1.165) is 0 Å². The molecule has 4 N–H and O–H groups in total. The third-order valence-corrected chi connectivity index (χ3v) is 2.36. The molecule has 5 nitrogen and oxygen atoms in total. The summed E-state index contributed by atoms with van der Waals surface area (Å²) in [5.74, 6) is -2.32. The van der Waals surface area contributed by atoms with Gasteiger partial charge in [-0.25, -0.2) is 0 Å². The zero-order chi connectivity index (χ0) is 15.2. The van der Waals surface area contributed by atoms with Crippen molar-refractivity contribution in [3.8, 4) is 0 Å². The summed E-state index contributed by atoms with van der Waals surface area (Å²) in [4.78, 5) is 22.1. The van der Waals surface area contributed by atoms with Crippen LogP contribution in [0.3, 0.4) is 0 Å². The Hall–Kier alpha value is -2.09. The number of rotatable bonds is 5. The van der Waals surface area contributed by atoms with E-state index in [2.05, 4.69) is 5.32 Å². The number of carbonyl (C=O) groups is 2. The molecule has 0 atom stereocenters. The van der Waals surface area contributed by atoms with Crippen molar-refractivity contribution in [2.75, 3.05) is 13.1 Å². The minimum atomic E-state index is -4.90. The highest BCUT2D eigenvalue weighted by Gasteiger charge is 2.38. The van der Waals surface area contributed by atoms with Crippen LogP contribution in [-0.4, -0.2) is 31.1 Å². The van der Waals surface area contributed by atoms with Gasteiger partial charge in [0.1, 0.15) is 0 Å². The molecule has 0 aliphatic heterocycles. The quantitative estimate of drug-likeness (QED) is 0.740. The smallest absolute Gasteiger partial charge is 0.351 e. The Labute approximate surface area is 113 Å². The normalized spacial score (nSPS) is 11.0. The molecular weight excluding hydrogens is 275 g/mol. The number of hydrogen-bond acceptors (Lipinski definition) is 3. The van der Waals surface area contributed by atoms with Gasteiger partial charge in [-0.15, -0.1) is 0 Å². The Balaban J connectivity index is 2.55. The second kappa shape index (κ2) is 6.90. The van der Waals surface area contributed by atoms with Gasteiger partial charge in [-0.2, -0.15) is 13.2 Å². The number of halogens is 3. The van der Waals surface area contributed by atoms with Crippen LogP contribution in [0, 0.1) is 0 Å². The Morgan fingerprint density at radius 3 is 2.20 bits per heavy atom. The van der Waals surface area contributed by atoms with Gasteiger partial charge in [-0.05, 0) is 17.7 Å². The van der Waals surface area contributed by atoms with Crippen LogP contribution in [0.15, 0.2) is 24.3 Å². The summed E-state index contributed by atoms with van der Waals surface area (Å²) in [5.41, 5.74) is 6.06. The van der Waals surface area contributed by atoms with Crippen molar-refractivity contribution in [3.63, 3.8) is 0 Å². The van der Waals surface area contributed by atoms with E-state index in [-0.39, 0.29) is 12.5 Å². The number of benzene rings is 1. The van der Waals surface area contributed by atoms with E-state index >= 15 is 0 Å². The summed E-state index contributed by atoms with van der Waals surface area (Å²) in [6.45, 7) is 0.387. The summed E-state index contributed by atoms with van der Waals surface area (Å²) in [6, 6.07) is 5.85. The first-order valence-corrected chi connectivity index (χ1v) is 5.77. The van der Waals surface area contributed by atoms with Gasteiger partial charge in [0.25, 0.3) is 5.91 Å². The van der Waals surface area contributed by atoms with Gasteiger partial charge in [0.15, 0.2) is 0 Å². The molecule has 1 aromatic carbocycles. The molecule has 0 unspecified atom stereocenters. The fourth-order valence-electron chi connectivity index (χ4n) is 1.34. The molecule has 0 fully saturated rings. The molecule has 2 amide bonds. The maximum atomic E-state index is 12.0. The molecule has 0 aromatic heterocycles. The molecule has 110 valence electrons. The lowest BCUT2D eigenvalue weighted by molar-refractivity contribution is -0.173. The SMILES string of the molecule is NCCNC(=O)c1ccc(CNC(=O)C(F)(F)F)cc1. The largest absolute Gasteiger partial charge is 0.471 e. The lowest BCUT2D eigenvalue weighted by atomic mass is 10.1. The highest BCUT2D eigenvalue weighted by atomic mass is 19.4. The maximum absolute atomic E-state index is 12.0. The molecule has 0 heterocycles. The van der Waals surface area contributed by atoms with Crippen LogP contribution in [-0.2, 0) is 11.3 Å². The van der Waals surface area contributed by atoms with E-state index in [1.807, 2.05) is 0 Å². The van der Waals surface area contributed by atoms with Crippen LogP contribution in [0.2, 0.25) is 0 Å². The Kier molecular flexibility index (Phi) is 5.51. The molecule has 0 aliphatic carbocycles. The Morgan fingerprint density at radius 1 is 1.10 bits per heavy atom. The first kappa shape index (κ1) is 16.0. The van der Waals surface area contributed by atoms with E-state index in [9.17, 15) is 22.8 Å². The van der Waals surface area contributed by atoms with Crippen molar-refractivity contribution < 1.29 is 22.8 Å². The van der Waals surface area contributed by atoms with Crippen LogP contribution in [0.25, 0.3) is 0 Å². The highest BCUT2D eigenvalue weighted by Crippen LogP contribution is 2.14. The second-order valence-corrected chi connectivity index (χ2v) is 3.92. The lowest BCUT2D eigenvalue weighted by Crippen LogP contribution is -2.36. The standard InChI is InChI=1S/C12H14F3N3O2/c13-12(14,15)11(20)18-7-8-1-3-9(4-2-8)10(19)17-6-5-16/h1-4H,5-7,16H2,(H,17,19)(H,18,20). The molecule has 0 aliphatic rings. The van der Waals surface area contributed by atoms with Crippen molar-refractivity contribution in [2.45, 2.75) is 12.7 Å². The van der Waals surface area contributed by atoms with Crippen LogP contribution < -0.4 is 16.4 Å². The molecule has 0 radical (unpaired) electrons. The third-order valence-electron chi connectivity index (χ3n) is 2.36. The first-order chi connectivity index (χ1) is 9.34. The van der Waals surface area contributed by atoms with Crippen molar-refractivity contribution in [2.24, 2.45) is 5.73 Å². The molecule has 0 saturated carbocycles. The van der Waals surface area contributed by atoms with E-state index in [1.165, 1.54) is 24.3 Å². The highest BCUT2D eigenvalue weighted by molar-refractivity contribution is 5.94. The van der Waals surface area contributed by atoms with E-state index in [1.54, 1.807) is 5.32 Å². The van der Waals surface area contributed by atoms with Crippen LogP contribution in [0.5, 0.6) is 0 Å². The number of alkyl halides is 3. The van der Waals surface area contributed by atoms with Gasteiger partial charge in [0.05, 0.1) is 0 Å². The lowest BCUT2D eigenvalue weighted by Gasteiger charge is -2.08. The predicted molar refractivity (Wildman–Crippen MR) is 65.7 cm³/mol. The summed E-state index contributed by atoms with van der Waals surface area (Å²) < 4.78 is 35.9. The predicted octanol–water partition coefficient (Wildman–Crippen LogP) is 0.554. The number of hydrogen-bond donors (Lipinski definition) is 3. The molecule has 8 heteroatoms. The van der Waals surface area contributed by atoms with Gasteiger partial charge >= 0.3 is 12.1 Å². The van der Waals surface area contributed by atoms with E-state index in [4.69, 9.17) is 5.73 Å². The molecule has 20 heavy (non-hydrogen) atoms. The zero-order valence-corrected chi connectivity index (χ0v) is 10.5. The third kappa shape index (κ3) is 4.88. The molecule has 0 saturated heterocycles. The van der Waals surface area contributed by atoms with Crippen molar-refractivity contribution in [1.82, 2.24) is 10.6 Å². The van der Waals surface area contributed by atoms with Gasteiger partial charge in [0, 0.05) is 25.2 Å². The molecule has 1 rings (SSSR count). The summed E-state index contributed by atoms with van der Waals surface area (Å²) in [5, 5.41) is 4.30. The molecular formula is C12H14F3N3O2. The van der Waals surface area contributed by atoms with Crippen LogP contribution in [0.1, 0.15) is 15.9 Å². The minimum absolute atomic E-state index is 0.261. The average molecular weight is 289 g/mol. The first-order valence-electron chi connectivity index (χ1n) is 5.77. The number of carbonyl (C=O) groups excluding carboxylic acids is 2. The van der Waals surface area contributed by atoms with E-state index in [0.29, 0.717) is 24.2 Å². The van der Waals surface area contributed by atoms with Crippen molar-refractivity contribution >= 4 is 11.8 Å². The van der Waals surface area contributed by atoms with Gasteiger partial charge in [-0.1, -0.05) is 12.1 Å². The van der Waals surface area contributed by atoms with E-state index < -0.39 is 12.1 Å². The second-order valence-electron chi connectivity index (χ2n) is 3.92. The number of nitrogens with one attached hydrogen (secondary N) is 2. The molecule has 0 bridgehead atoms. The van der Waals surface area contributed by atoms with Gasteiger partial charge in [0.2, 0.25) is 0 Å². The Morgan fingerprint density at radius 2 is 1.70 bits per heavy atom. The number of amides is 2. The monoisotopic (exact) mass is 289 g/mol. The molecule has 1 aromatic rings. The summed E-state index contributed by atoms with van der Waals surface area (Å²) >= 11 is 0.